The Bertz CT molecular complexity index is 969. The molecule has 27 heavy (non-hydrogen) atoms. The first-order chi connectivity index (χ1) is 12.8. The zero-order valence-electron chi connectivity index (χ0n) is 14.4. The van der Waals surface area contributed by atoms with Crippen molar-refractivity contribution in [1.29, 1.82) is 0 Å². The smallest absolute Gasteiger partial charge is 0.394 e. The molecule has 2 aromatic carbocycles. The number of aliphatic hydroxyl groups excluding tert-OH is 1. The number of hydrogen-bond acceptors (Lipinski definition) is 3. The molecule has 4 nitrogen and oxygen atoms in total. The Morgan fingerprint density at radius 1 is 1.11 bits per heavy atom. The van der Waals surface area contributed by atoms with Gasteiger partial charge in [-0.2, -0.15) is 13.2 Å². The average Bonchev–Trinajstić information content (AvgIpc) is 2.66. The van der Waals surface area contributed by atoms with Crippen LogP contribution in [0, 0.1) is 0 Å². The van der Waals surface area contributed by atoms with Crippen molar-refractivity contribution >= 4 is 16.8 Å². The molecule has 3 aromatic rings. The number of nitrogens with one attached hydrogen (secondary N) is 1. The number of pyridine rings is 1. The van der Waals surface area contributed by atoms with Crippen LogP contribution >= 0.6 is 0 Å². The molecule has 0 aliphatic rings. The first-order valence-electron chi connectivity index (χ1n) is 8.28. The van der Waals surface area contributed by atoms with Gasteiger partial charge in [-0.25, -0.2) is 4.98 Å². The molecule has 1 atom stereocenters. The molecule has 0 aliphatic heterocycles. The molecule has 1 heterocycles. The van der Waals surface area contributed by atoms with Crippen LogP contribution in [0.4, 0.5) is 13.2 Å². The van der Waals surface area contributed by atoms with Crippen molar-refractivity contribution < 1.29 is 23.1 Å². The van der Waals surface area contributed by atoms with Crippen molar-refractivity contribution in [2.75, 3.05) is 6.61 Å². The zero-order valence-corrected chi connectivity index (χ0v) is 14.4. The topological polar surface area (TPSA) is 62.2 Å². The summed E-state index contributed by atoms with van der Waals surface area (Å²) in [7, 11) is 0. The number of alkyl halides is 3. The van der Waals surface area contributed by atoms with Crippen LogP contribution in [0.15, 0.2) is 54.6 Å². The summed E-state index contributed by atoms with van der Waals surface area (Å²) in [5.74, 6) is -0.333. The van der Waals surface area contributed by atoms with Crippen LogP contribution in [0.1, 0.15) is 22.8 Å². The number of rotatable bonds is 4. The number of nitrogens with zero attached hydrogens (tertiary/aromatic N) is 1. The van der Waals surface area contributed by atoms with Crippen molar-refractivity contribution in [3.63, 3.8) is 0 Å². The molecular formula is C20H17F3N2O2. The van der Waals surface area contributed by atoms with E-state index < -0.39 is 11.7 Å². The third-order valence-corrected chi connectivity index (χ3v) is 4.11. The van der Waals surface area contributed by atoms with Crippen molar-refractivity contribution in [3.8, 4) is 11.3 Å². The van der Waals surface area contributed by atoms with Crippen LogP contribution < -0.4 is 5.32 Å². The first-order valence-corrected chi connectivity index (χ1v) is 8.28. The fraction of sp³-hybridized carbons (Fsp3) is 0.200. The third-order valence-electron chi connectivity index (χ3n) is 4.11. The molecule has 0 spiro atoms. The van der Waals surface area contributed by atoms with Gasteiger partial charge in [0.2, 0.25) is 0 Å². The standard InChI is InChI=1S/C20H17F3N2O2/c1-12(11-26)24-19(27)15-3-2-14-6-9-17(25-18(14)10-15)13-4-7-16(8-5-13)20(21,22)23/h2-10,12,26H,11H2,1H3,(H,24,27)/t12-/m1/s1. The highest BCUT2D eigenvalue weighted by atomic mass is 19.4. The Morgan fingerprint density at radius 2 is 1.78 bits per heavy atom. The summed E-state index contributed by atoms with van der Waals surface area (Å²) in [5.41, 5.74) is 1.28. The van der Waals surface area contributed by atoms with Crippen molar-refractivity contribution in [1.82, 2.24) is 10.3 Å². The van der Waals surface area contributed by atoms with Crippen molar-refractivity contribution in [2.24, 2.45) is 0 Å². The summed E-state index contributed by atoms with van der Waals surface area (Å²) in [4.78, 5) is 16.7. The largest absolute Gasteiger partial charge is 0.416 e. The van der Waals surface area contributed by atoms with Gasteiger partial charge in [-0.1, -0.05) is 24.3 Å². The van der Waals surface area contributed by atoms with Crippen molar-refractivity contribution in [3.05, 3.63) is 65.7 Å². The van der Waals surface area contributed by atoms with Gasteiger partial charge in [-0.05, 0) is 37.3 Å². The second-order valence-corrected chi connectivity index (χ2v) is 6.24. The molecule has 1 amide bonds. The number of amides is 1. The lowest BCUT2D eigenvalue weighted by atomic mass is 10.1. The highest BCUT2D eigenvalue weighted by Crippen LogP contribution is 2.31. The Hall–Kier alpha value is -2.93. The maximum atomic E-state index is 12.7. The number of aliphatic hydroxyl groups is 1. The Balaban J connectivity index is 1.93. The Labute approximate surface area is 153 Å². The molecule has 3 rings (SSSR count). The fourth-order valence-electron chi connectivity index (χ4n) is 2.60. The van der Waals surface area contributed by atoms with E-state index in [-0.39, 0.29) is 18.6 Å². The Kier molecular flexibility index (Phi) is 5.14. The van der Waals surface area contributed by atoms with E-state index >= 15 is 0 Å². The highest BCUT2D eigenvalue weighted by Gasteiger charge is 2.30. The van der Waals surface area contributed by atoms with Crippen LogP contribution in [0.5, 0.6) is 0 Å². The number of benzene rings is 2. The molecule has 2 N–H and O–H groups in total. The summed E-state index contributed by atoms with van der Waals surface area (Å²) in [6.07, 6.45) is -4.39. The third kappa shape index (κ3) is 4.25. The van der Waals surface area contributed by atoms with Gasteiger partial charge >= 0.3 is 6.18 Å². The number of fused-ring (bicyclic) bond motifs is 1. The quantitative estimate of drug-likeness (QED) is 0.725. The van der Waals surface area contributed by atoms with E-state index in [0.29, 0.717) is 22.3 Å². The SMILES string of the molecule is C[C@H](CO)NC(=O)c1ccc2ccc(-c3ccc(C(F)(F)F)cc3)nc2c1. The summed E-state index contributed by atoms with van der Waals surface area (Å²) < 4.78 is 38.1. The minimum absolute atomic E-state index is 0.171. The van der Waals surface area contributed by atoms with Crippen molar-refractivity contribution in [2.45, 2.75) is 19.1 Å². The second-order valence-electron chi connectivity index (χ2n) is 6.24. The molecule has 7 heteroatoms. The second kappa shape index (κ2) is 7.36. The Morgan fingerprint density at radius 3 is 2.41 bits per heavy atom. The summed E-state index contributed by atoms with van der Waals surface area (Å²) in [6, 6.07) is 12.9. The number of aromatic nitrogens is 1. The molecule has 0 bridgehead atoms. The van der Waals surface area contributed by atoms with Crippen LogP contribution in [0.25, 0.3) is 22.2 Å². The van der Waals surface area contributed by atoms with Gasteiger partial charge in [0.25, 0.3) is 5.91 Å². The summed E-state index contributed by atoms with van der Waals surface area (Å²) >= 11 is 0. The lowest BCUT2D eigenvalue weighted by molar-refractivity contribution is -0.137. The number of carbonyl (C=O) groups excluding carboxylic acids is 1. The van der Waals surface area contributed by atoms with Gasteiger partial charge < -0.3 is 10.4 Å². The predicted octanol–water partition coefficient (Wildman–Crippen LogP) is 4.03. The number of carbonyl (C=O) groups is 1. The minimum Gasteiger partial charge on any atom is -0.394 e. The van der Waals surface area contributed by atoms with Gasteiger partial charge in [0, 0.05) is 22.6 Å². The zero-order chi connectivity index (χ0) is 19.6. The summed E-state index contributed by atoms with van der Waals surface area (Å²) in [5, 5.41) is 12.5. The highest BCUT2D eigenvalue weighted by molar-refractivity contribution is 5.98. The van der Waals surface area contributed by atoms with Gasteiger partial charge in [-0.3, -0.25) is 4.79 Å². The molecule has 0 unspecified atom stereocenters. The van der Waals surface area contributed by atoms with Gasteiger partial charge in [0.15, 0.2) is 0 Å². The van der Waals surface area contributed by atoms with Gasteiger partial charge in [0.1, 0.15) is 0 Å². The first kappa shape index (κ1) is 18.8. The molecule has 0 aliphatic carbocycles. The molecule has 0 radical (unpaired) electrons. The molecule has 1 aromatic heterocycles. The van der Waals surface area contributed by atoms with E-state index in [4.69, 9.17) is 5.11 Å². The average molecular weight is 374 g/mol. The molecular weight excluding hydrogens is 357 g/mol. The predicted molar refractivity (Wildman–Crippen MR) is 96.2 cm³/mol. The van der Waals surface area contributed by atoms with E-state index in [2.05, 4.69) is 10.3 Å². The van der Waals surface area contributed by atoms with E-state index in [9.17, 15) is 18.0 Å². The van der Waals surface area contributed by atoms with Crippen LogP contribution in [-0.4, -0.2) is 28.6 Å². The van der Waals surface area contributed by atoms with Gasteiger partial charge in [0.05, 0.1) is 23.4 Å². The van der Waals surface area contributed by atoms with Crippen LogP contribution in [-0.2, 0) is 6.18 Å². The normalized spacial score (nSPS) is 12.8. The minimum atomic E-state index is -4.39. The molecule has 140 valence electrons. The summed E-state index contributed by atoms with van der Waals surface area (Å²) in [6.45, 7) is 1.51. The maximum Gasteiger partial charge on any atom is 0.416 e. The van der Waals surface area contributed by atoms with Crippen LogP contribution in [0.2, 0.25) is 0 Å². The van der Waals surface area contributed by atoms with Crippen LogP contribution in [0.3, 0.4) is 0 Å². The van der Waals surface area contributed by atoms with Gasteiger partial charge in [-0.15, -0.1) is 0 Å². The van der Waals surface area contributed by atoms with E-state index in [0.717, 1.165) is 17.5 Å². The lowest BCUT2D eigenvalue weighted by Crippen LogP contribution is -2.34. The number of hydrogen-bond donors (Lipinski definition) is 2. The number of halogens is 3. The maximum absolute atomic E-state index is 12.7. The molecule has 0 saturated carbocycles. The lowest BCUT2D eigenvalue weighted by Gasteiger charge is -2.11. The van der Waals surface area contributed by atoms with E-state index in [1.165, 1.54) is 12.1 Å². The fourth-order valence-corrected chi connectivity index (χ4v) is 2.60. The monoisotopic (exact) mass is 374 g/mol. The van der Waals surface area contributed by atoms with E-state index in [1.807, 2.05) is 0 Å². The molecule has 0 saturated heterocycles. The molecule has 0 fully saturated rings. The van der Waals surface area contributed by atoms with E-state index in [1.54, 1.807) is 37.3 Å².